The highest BCUT2D eigenvalue weighted by atomic mass is 32.1. The number of nitrogens with one attached hydrogen (secondary N) is 2. The monoisotopic (exact) mass is 332 g/mol. The molecule has 1 aromatic heterocycles. The van der Waals surface area contributed by atoms with Crippen LogP contribution in [0.5, 0.6) is 0 Å². The minimum atomic E-state index is -0.533. The number of aryl methyl sites for hydroxylation is 1. The highest BCUT2D eigenvalue weighted by Crippen LogP contribution is 2.16. The fourth-order valence-electron chi connectivity index (χ4n) is 1.82. The number of nitrogens with zero attached hydrogens (tertiary/aromatic N) is 2. The van der Waals surface area contributed by atoms with E-state index < -0.39 is 11.9 Å². The Balaban J connectivity index is 2.09. The lowest BCUT2D eigenvalue weighted by Gasteiger charge is -2.10. The second-order valence-corrected chi connectivity index (χ2v) is 4.93. The summed E-state index contributed by atoms with van der Waals surface area (Å²) in [6, 6.07) is 8.93. The zero-order chi connectivity index (χ0) is 16.8. The molecule has 0 aliphatic heterocycles. The molecule has 1 aromatic carbocycles. The zero-order valence-electron chi connectivity index (χ0n) is 12.7. The van der Waals surface area contributed by atoms with Gasteiger partial charge in [0.1, 0.15) is 11.4 Å². The number of para-hydroxylation sites is 1. The van der Waals surface area contributed by atoms with Gasteiger partial charge in [-0.2, -0.15) is 5.10 Å². The highest BCUT2D eigenvalue weighted by Gasteiger charge is 2.20. The van der Waals surface area contributed by atoms with E-state index in [9.17, 15) is 9.59 Å². The summed E-state index contributed by atoms with van der Waals surface area (Å²) in [7, 11) is 1.63. The van der Waals surface area contributed by atoms with E-state index in [4.69, 9.17) is 17.0 Å². The molecule has 0 atom stereocenters. The van der Waals surface area contributed by atoms with Crippen molar-refractivity contribution in [2.24, 2.45) is 7.05 Å². The van der Waals surface area contributed by atoms with Crippen LogP contribution in [0.2, 0.25) is 0 Å². The van der Waals surface area contributed by atoms with Crippen molar-refractivity contribution in [1.29, 1.82) is 0 Å². The van der Waals surface area contributed by atoms with Crippen LogP contribution in [0.25, 0.3) is 0 Å². The van der Waals surface area contributed by atoms with Crippen LogP contribution in [0.4, 0.5) is 11.5 Å². The number of hydrogen-bond acceptors (Lipinski definition) is 5. The highest BCUT2D eigenvalue weighted by molar-refractivity contribution is 7.82. The first-order valence-corrected chi connectivity index (χ1v) is 7.30. The first-order valence-electron chi connectivity index (χ1n) is 6.89. The predicted molar refractivity (Wildman–Crippen MR) is 90.5 cm³/mol. The SMILES string of the molecule is CCOC(=O)c1cnn(C)c1NC(=S)C(=O)Nc1ccccc1. The number of esters is 1. The molecule has 0 bridgehead atoms. The van der Waals surface area contributed by atoms with E-state index in [1.807, 2.05) is 6.07 Å². The van der Waals surface area contributed by atoms with Gasteiger partial charge in [0.15, 0.2) is 4.99 Å². The first-order chi connectivity index (χ1) is 11.0. The molecular formula is C15H16N4O3S. The Morgan fingerprint density at radius 3 is 2.61 bits per heavy atom. The third-order valence-corrected chi connectivity index (χ3v) is 3.19. The number of benzene rings is 1. The van der Waals surface area contributed by atoms with Gasteiger partial charge in [0.05, 0.1) is 12.8 Å². The molecule has 7 nitrogen and oxygen atoms in total. The summed E-state index contributed by atoms with van der Waals surface area (Å²) >= 11 is 5.08. The Morgan fingerprint density at radius 2 is 1.96 bits per heavy atom. The Hall–Kier alpha value is -2.74. The summed E-state index contributed by atoms with van der Waals surface area (Å²) in [6.07, 6.45) is 1.36. The maximum absolute atomic E-state index is 12.1. The van der Waals surface area contributed by atoms with Gasteiger partial charge in [0.2, 0.25) is 0 Å². The van der Waals surface area contributed by atoms with E-state index >= 15 is 0 Å². The van der Waals surface area contributed by atoms with E-state index in [0.717, 1.165) is 0 Å². The molecule has 0 saturated heterocycles. The molecule has 0 aliphatic rings. The van der Waals surface area contributed by atoms with Crippen molar-refractivity contribution in [2.75, 3.05) is 17.2 Å². The zero-order valence-corrected chi connectivity index (χ0v) is 13.5. The van der Waals surface area contributed by atoms with Gasteiger partial charge in [-0.25, -0.2) is 4.79 Å². The van der Waals surface area contributed by atoms with Gasteiger partial charge in [0, 0.05) is 12.7 Å². The number of carbonyl (C=O) groups excluding carboxylic acids is 2. The number of aromatic nitrogens is 2. The van der Waals surface area contributed by atoms with Gasteiger partial charge < -0.3 is 15.4 Å². The summed E-state index contributed by atoms with van der Waals surface area (Å²) in [6.45, 7) is 1.95. The Bertz CT molecular complexity index is 728. The Kier molecular flexibility index (Phi) is 5.42. The van der Waals surface area contributed by atoms with E-state index in [-0.39, 0.29) is 17.2 Å². The van der Waals surface area contributed by atoms with Gasteiger partial charge in [0.25, 0.3) is 5.91 Å². The molecule has 2 aromatic rings. The molecule has 0 fully saturated rings. The molecular weight excluding hydrogens is 316 g/mol. The van der Waals surface area contributed by atoms with Crippen molar-refractivity contribution in [3.05, 3.63) is 42.1 Å². The number of thiocarbonyl (C=S) groups is 1. The van der Waals surface area contributed by atoms with E-state index in [0.29, 0.717) is 11.5 Å². The lowest BCUT2D eigenvalue weighted by molar-refractivity contribution is -0.110. The molecule has 120 valence electrons. The van der Waals surface area contributed by atoms with E-state index in [2.05, 4.69) is 15.7 Å². The van der Waals surface area contributed by atoms with Crippen LogP contribution in [0.15, 0.2) is 36.5 Å². The van der Waals surface area contributed by atoms with Crippen molar-refractivity contribution in [3.63, 3.8) is 0 Å². The maximum Gasteiger partial charge on any atom is 0.343 e. The van der Waals surface area contributed by atoms with Crippen LogP contribution < -0.4 is 10.6 Å². The normalized spacial score (nSPS) is 10.0. The second-order valence-electron chi connectivity index (χ2n) is 4.53. The Morgan fingerprint density at radius 1 is 1.26 bits per heavy atom. The van der Waals surface area contributed by atoms with Crippen molar-refractivity contribution in [1.82, 2.24) is 9.78 Å². The van der Waals surface area contributed by atoms with Crippen molar-refractivity contribution >= 4 is 40.6 Å². The van der Waals surface area contributed by atoms with Crippen LogP contribution in [0, 0.1) is 0 Å². The van der Waals surface area contributed by atoms with Gasteiger partial charge in [-0.1, -0.05) is 30.4 Å². The van der Waals surface area contributed by atoms with Crippen LogP contribution >= 0.6 is 12.2 Å². The van der Waals surface area contributed by atoms with Crippen molar-refractivity contribution in [3.8, 4) is 0 Å². The van der Waals surface area contributed by atoms with Gasteiger partial charge >= 0.3 is 5.97 Å². The lowest BCUT2D eigenvalue weighted by atomic mass is 10.3. The number of hydrogen-bond donors (Lipinski definition) is 2. The molecule has 0 radical (unpaired) electrons. The number of amides is 1. The molecule has 0 saturated carbocycles. The topological polar surface area (TPSA) is 85.2 Å². The molecule has 2 rings (SSSR count). The van der Waals surface area contributed by atoms with E-state index in [1.165, 1.54) is 10.9 Å². The molecule has 1 heterocycles. The lowest BCUT2D eigenvalue weighted by Crippen LogP contribution is -2.29. The van der Waals surface area contributed by atoms with E-state index in [1.54, 1.807) is 38.2 Å². The van der Waals surface area contributed by atoms with Crippen LogP contribution in [0.3, 0.4) is 0 Å². The quantitative estimate of drug-likeness (QED) is 0.658. The summed E-state index contributed by atoms with van der Waals surface area (Å²) < 4.78 is 6.35. The Labute approximate surface area is 138 Å². The molecule has 2 N–H and O–H groups in total. The minimum absolute atomic E-state index is 0.0806. The number of carbonyl (C=O) groups is 2. The minimum Gasteiger partial charge on any atom is -0.462 e. The fourth-order valence-corrected chi connectivity index (χ4v) is 1.97. The van der Waals surface area contributed by atoms with Crippen LogP contribution in [-0.4, -0.2) is 33.3 Å². The number of anilines is 2. The number of rotatable bonds is 4. The maximum atomic E-state index is 12.1. The summed E-state index contributed by atoms with van der Waals surface area (Å²) in [4.78, 5) is 23.9. The predicted octanol–water partition coefficient (Wildman–Crippen LogP) is 1.97. The third-order valence-electron chi connectivity index (χ3n) is 2.90. The van der Waals surface area contributed by atoms with Crippen molar-refractivity contribution in [2.45, 2.75) is 6.92 Å². The summed E-state index contributed by atoms with van der Waals surface area (Å²) in [5, 5.41) is 9.37. The van der Waals surface area contributed by atoms with Gasteiger partial charge in [-0.3, -0.25) is 9.48 Å². The smallest absolute Gasteiger partial charge is 0.343 e. The van der Waals surface area contributed by atoms with Crippen LogP contribution in [-0.2, 0) is 16.6 Å². The average molecular weight is 332 g/mol. The van der Waals surface area contributed by atoms with Crippen molar-refractivity contribution < 1.29 is 14.3 Å². The molecule has 23 heavy (non-hydrogen) atoms. The standard InChI is InChI=1S/C15H16N4O3S/c1-3-22-15(21)11-9-16-19(2)12(11)18-14(23)13(20)17-10-7-5-4-6-8-10/h4-9H,3H2,1-2H3,(H,17,20)(H,18,23). The first kappa shape index (κ1) is 16.6. The summed E-state index contributed by atoms with van der Waals surface area (Å²) in [5.41, 5.74) is 0.835. The second kappa shape index (κ2) is 7.50. The molecule has 8 heteroatoms. The van der Waals surface area contributed by atoms with Crippen LogP contribution in [0.1, 0.15) is 17.3 Å². The average Bonchev–Trinajstić information content (AvgIpc) is 2.89. The van der Waals surface area contributed by atoms with Gasteiger partial charge in [-0.05, 0) is 19.1 Å². The molecule has 1 amide bonds. The molecule has 0 unspecified atom stereocenters. The largest absolute Gasteiger partial charge is 0.462 e. The summed E-state index contributed by atoms with van der Waals surface area (Å²) in [5.74, 6) is -0.715. The third kappa shape index (κ3) is 4.13. The molecule has 0 spiro atoms. The number of ether oxygens (including phenoxy) is 1. The van der Waals surface area contributed by atoms with Gasteiger partial charge in [-0.15, -0.1) is 0 Å². The molecule has 0 aliphatic carbocycles. The fraction of sp³-hybridized carbons (Fsp3) is 0.200.